The van der Waals surface area contributed by atoms with Crippen LogP contribution in [0.2, 0.25) is 0 Å². The molecule has 0 aliphatic carbocycles. The standard InChI is InChI=1S/C28H35N3O4/c1-4-6-8-11-17-35-22-15-14-19(18-23(22)34-3)27-24-25(20-12-9-10-13-21(20)32)29-30-26(24)28(33)31(27)16-7-5-2/h9-10,12-15,18,27,32H,4-8,11,16-17H2,1-3H3,(H,29,30)/t27-/m1/s1. The fraction of sp³-hybridized carbons (Fsp3) is 0.429. The number of benzene rings is 2. The van der Waals surface area contributed by atoms with Crippen LogP contribution in [-0.2, 0) is 0 Å². The summed E-state index contributed by atoms with van der Waals surface area (Å²) in [7, 11) is 1.63. The van der Waals surface area contributed by atoms with E-state index in [0.717, 1.165) is 36.8 Å². The van der Waals surface area contributed by atoms with E-state index in [2.05, 4.69) is 24.0 Å². The average Bonchev–Trinajstić information content (AvgIpc) is 3.41. The Kier molecular flexibility index (Phi) is 7.95. The zero-order valence-electron chi connectivity index (χ0n) is 20.8. The fourth-order valence-corrected chi connectivity index (χ4v) is 4.67. The normalized spacial score (nSPS) is 14.9. The molecular weight excluding hydrogens is 442 g/mol. The Morgan fingerprint density at radius 1 is 1.03 bits per heavy atom. The van der Waals surface area contributed by atoms with E-state index in [1.807, 2.05) is 35.2 Å². The number of aromatic hydroxyl groups is 1. The van der Waals surface area contributed by atoms with E-state index in [9.17, 15) is 9.90 Å². The number of H-pyrrole nitrogens is 1. The largest absolute Gasteiger partial charge is 0.507 e. The Hall–Kier alpha value is -3.48. The van der Waals surface area contributed by atoms with Crippen LogP contribution in [0.3, 0.4) is 0 Å². The number of fused-ring (bicyclic) bond motifs is 1. The molecule has 7 heteroatoms. The number of ether oxygens (including phenoxy) is 2. The topological polar surface area (TPSA) is 87.7 Å². The van der Waals surface area contributed by atoms with E-state index in [-0.39, 0.29) is 17.7 Å². The highest BCUT2D eigenvalue weighted by molar-refractivity contribution is 6.00. The van der Waals surface area contributed by atoms with Gasteiger partial charge in [-0.15, -0.1) is 0 Å². The van der Waals surface area contributed by atoms with Crippen LogP contribution in [-0.4, -0.2) is 46.4 Å². The minimum atomic E-state index is -0.343. The fourth-order valence-electron chi connectivity index (χ4n) is 4.67. The second-order valence-corrected chi connectivity index (χ2v) is 8.95. The third kappa shape index (κ3) is 4.99. The van der Waals surface area contributed by atoms with E-state index in [4.69, 9.17) is 9.47 Å². The second-order valence-electron chi connectivity index (χ2n) is 8.95. The summed E-state index contributed by atoms with van der Waals surface area (Å²) in [5.41, 5.74) is 3.36. The molecule has 0 spiro atoms. The van der Waals surface area contributed by atoms with Crippen molar-refractivity contribution >= 4 is 5.91 Å². The van der Waals surface area contributed by atoms with Crippen molar-refractivity contribution in [1.29, 1.82) is 0 Å². The molecule has 35 heavy (non-hydrogen) atoms. The number of aromatic nitrogens is 2. The number of unbranched alkanes of at least 4 members (excludes halogenated alkanes) is 4. The molecule has 1 atom stereocenters. The molecule has 2 aromatic carbocycles. The van der Waals surface area contributed by atoms with Gasteiger partial charge in [0.1, 0.15) is 17.1 Å². The Morgan fingerprint density at radius 2 is 1.83 bits per heavy atom. The summed E-state index contributed by atoms with van der Waals surface area (Å²) in [6, 6.07) is 12.6. The molecule has 1 aromatic heterocycles. The molecule has 0 saturated carbocycles. The van der Waals surface area contributed by atoms with Crippen molar-refractivity contribution in [2.24, 2.45) is 0 Å². The number of hydrogen-bond acceptors (Lipinski definition) is 5. The predicted octanol–water partition coefficient (Wildman–Crippen LogP) is 6.10. The van der Waals surface area contributed by atoms with Gasteiger partial charge in [0.15, 0.2) is 11.5 Å². The number of carbonyl (C=O) groups is 1. The van der Waals surface area contributed by atoms with Gasteiger partial charge in [-0.1, -0.05) is 57.7 Å². The number of aromatic amines is 1. The molecule has 1 amide bonds. The molecule has 186 valence electrons. The lowest BCUT2D eigenvalue weighted by atomic mass is 9.95. The van der Waals surface area contributed by atoms with Crippen LogP contribution < -0.4 is 9.47 Å². The van der Waals surface area contributed by atoms with Crippen molar-refractivity contribution < 1.29 is 19.4 Å². The monoisotopic (exact) mass is 477 g/mol. The first-order chi connectivity index (χ1) is 17.1. The van der Waals surface area contributed by atoms with Gasteiger partial charge in [-0.3, -0.25) is 9.89 Å². The molecule has 0 fully saturated rings. The van der Waals surface area contributed by atoms with Gasteiger partial charge in [0.2, 0.25) is 0 Å². The first kappa shape index (κ1) is 24.6. The Morgan fingerprint density at radius 3 is 2.57 bits per heavy atom. The summed E-state index contributed by atoms with van der Waals surface area (Å²) in [6.07, 6.45) is 6.40. The summed E-state index contributed by atoms with van der Waals surface area (Å²) in [5.74, 6) is 1.39. The molecule has 4 rings (SSSR count). The number of nitrogens with one attached hydrogen (secondary N) is 1. The molecular formula is C28H35N3O4. The zero-order chi connectivity index (χ0) is 24.8. The summed E-state index contributed by atoms with van der Waals surface area (Å²) >= 11 is 0. The number of para-hydroxylation sites is 1. The van der Waals surface area contributed by atoms with Gasteiger partial charge in [0, 0.05) is 17.7 Å². The molecule has 2 N–H and O–H groups in total. The molecule has 0 saturated heterocycles. The third-order valence-electron chi connectivity index (χ3n) is 6.53. The van der Waals surface area contributed by atoms with Gasteiger partial charge in [0.25, 0.3) is 5.91 Å². The van der Waals surface area contributed by atoms with Crippen molar-refractivity contribution in [3.05, 3.63) is 59.3 Å². The Bertz CT molecular complexity index is 1160. The van der Waals surface area contributed by atoms with Crippen LogP contribution in [0, 0.1) is 0 Å². The number of phenolic OH excluding ortho intramolecular Hbond substituents is 1. The molecule has 1 aliphatic heterocycles. The van der Waals surface area contributed by atoms with E-state index in [1.54, 1.807) is 19.2 Å². The highest BCUT2D eigenvalue weighted by Crippen LogP contribution is 2.45. The van der Waals surface area contributed by atoms with E-state index in [0.29, 0.717) is 41.6 Å². The predicted molar refractivity (Wildman–Crippen MR) is 136 cm³/mol. The van der Waals surface area contributed by atoms with Crippen LogP contribution in [0.5, 0.6) is 17.2 Å². The maximum atomic E-state index is 13.4. The molecule has 0 radical (unpaired) electrons. The zero-order valence-corrected chi connectivity index (χ0v) is 20.8. The lowest BCUT2D eigenvalue weighted by Crippen LogP contribution is -2.30. The molecule has 7 nitrogen and oxygen atoms in total. The lowest BCUT2D eigenvalue weighted by Gasteiger charge is -2.27. The van der Waals surface area contributed by atoms with E-state index in [1.165, 1.54) is 12.8 Å². The van der Waals surface area contributed by atoms with Gasteiger partial charge in [0.05, 0.1) is 19.8 Å². The quantitative estimate of drug-likeness (QED) is 0.308. The van der Waals surface area contributed by atoms with Gasteiger partial charge < -0.3 is 19.5 Å². The number of hydrogen-bond donors (Lipinski definition) is 2. The minimum Gasteiger partial charge on any atom is -0.507 e. The van der Waals surface area contributed by atoms with Crippen LogP contribution in [0.25, 0.3) is 11.3 Å². The molecule has 1 aliphatic rings. The lowest BCUT2D eigenvalue weighted by molar-refractivity contribution is 0.0741. The van der Waals surface area contributed by atoms with Crippen molar-refractivity contribution in [3.63, 3.8) is 0 Å². The minimum absolute atomic E-state index is 0.0807. The SMILES string of the molecule is CCCCCCOc1ccc([C@@H]2c3c(-c4ccccc4O)n[nH]c3C(=O)N2CCCC)cc1OC. The van der Waals surface area contributed by atoms with Crippen LogP contribution in [0.1, 0.15) is 80.0 Å². The van der Waals surface area contributed by atoms with Gasteiger partial charge in [-0.05, 0) is 42.7 Å². The number of phenols is 1. The first-order valence-corrected chi connectivity index (χ1v) is 12.6. The van der Waals surface area contributed by atoms with Crippen molar-refractivity contribution in [2.75, 3.05) is 20.3 Å². The van der Waals surface area contributed by atoms with E-state index >= 15 is 0 Å². The maximum absolute atomic E-state index is 13.4. The molecule has 3 aromatic rings. The van der Waals surface area contributed by atoms with Gasteiger partial charge in [-0.2, -0.15) is 5.10 Å². The molecule has 0 bridgehead atoms. The summed E-state index contributed by atoms with van der Waals surface area (Å²) in [6.45, 7) is 5.57. The Labute approximate surface area is 207 Å². The van der Waals surface area contributed by atoms with Gasteiger partial charge in [-0.25, -0.2) is 0 Å². The third-order valence-corrected chi connectivity index (χ3v) is 6.53. The first-order valence-electron chi connectivity index (χ1n) is 12.6. The summed E-state index contributed by atoms with van der Waals surface area (Å²) in [5, 5.41) is 17.9. The number of nitrogens with zero attached hydrogens (tertiary/aromatic N) is 2. The highest BCUT2D eigenvalue weighted by atomic mass is 16.5. The van der Waals surface area contributed by atoms with Crippen molar-refractivity contribution in [1.82, 2.24) is 15.1 Å². The van der Waals surface area contributed by atoms with Crippen molar-refractivity contribution in [3.8, 4) is 28.5 Å². The average molecular weight is 478 g/mol. The smallest absolute Gasteiger partial charge is 0.273 e. The van der Waals surface area contributed by atoms with Crippen LogP contribution in [0.4, 0.5) is 0 Å². The van der Waals surface area contributed by atoms with E-state index < -0.39 is 0 Å². The van der Waals surface area contributed by atoms with Gasteiger partial charge >= 0.3 is 0 Å². The number of rotatable bonds is 12. The molecule has 0 unspecified atom stereocenters. The number of carbonyl (C=O) groups excluding carboxylic acids is 1. The maximum Gasteiger partial charge on any atom is 0.273 e. The van der Waals surface area contributed by atoms with Crippen molar-refractivity contribution in [2.45, 2.75) is 58.4 Å². The van der Waals surface area contributed by atoms with Crippen LogP contribution in [0.15, 0.2) is 42.5 Å². The number of methoxy groups -OCH3 is 1. The summed E-state index contributed by atoms with van der Waals surface area (Å²) in [4.78, 5) is 15.3. The van der Waals surface area contributed by atoms with Crippen LogP contribution >= 0.6 is 0 Å². The Balaban J connectivity index is 1.71. The molecule has 2 heterocycles. The second kappa shape index (κ2) is 11.3. The summed E-state index contributed by atoms with van der Waals surface area (Å²) < 4.78 is 11.7. The number of amides is 1. The highest BCUT2D eigenvalue weighted by Gasteiger charge is 2.42.